The number of fused-ring (bicyclic) bond motifs is 5. The number of aliphatic hydroxyl groups excluding tert-OH is 2. The van der Waals surface area contributed by atoms with Crippen LogP contribution in [0.25, 0.3) is 0 Å². The monoisotopic (exact) mass is 316 g/mol. The molecule has 0 aliphatic heterocycles. The molecule has 0 saturated heterocycles. The van der Waals surface area contributed by atoms with E-state index in [9.17, 15) is 10.2 Å². The number of aliphatic hydroxyl groups is 2. The first-order valence-corrected chi connectivity index (χ1v) is 9.62. The molecule has 0 spiro atoms. The predicted octanol–water partition coefficient (Wildman–Crippen LogP) is 4.23. The van der Waals surface area contributed by atoms with Crippen LogP contribution < -0.4 is 0 Å². The highest BCUT2D eigenvalue weighted by Gasteiger charge is 2.56. The third-order valence-corrected chi connectivity index (χ3v) is 8.17. The molecule has 128 valence electrons. The van der Waals surface area contributed by atoms with Crippen molar-refractivity contribution in [2.75, 3.05) is 0 Å². The van der Waals surface area contributed by atoms with Crippen molar-refractivity contribution in [2.45, 2.75) is 77.9 Å². The Hall–Kier alpha value is -0.600. The van der Waals surface area contributed by atoms with Crippen LogP contribution in [0.2, 0.25) is 0 Å². The molecule has 0 radical (unpaired) electrons. The van der Waals surface area contributed by atoms with Crippen LogP contribution in [-0.2, 0) is 0 Å². The Kier molecular flexibility index (Phi) is 3.59. The fourth-order valence-electron chi connectivity index (χ4n) is 6.89. The van der Waals surface area contributed by atoms with Gasteiger partial charge in [-0.25, -0.2) is 0 Å². The van der Waals surface area contributed by atoms with Gasteiger partial charge in [0.25, 0.3) is 0 Å². The van der Waals surface area contributed by atoms with E-state index in [1.807, 2.05) is 6.92 Å². The fourth-order valence-corrected chi connectivity index (χ4v) is 6.89. The Balaban J connectivity index is 1.66. The Morgan fingerprint density at radius 3 is 2.52 bits per heavy atom. The van der Waals surface area contributed by atoms with E-state index in [1.54, 1.807) is 5.57 Å². The zero-order valence-electron chi connectivity index (χ0n) is 14.9. The summed E-state index contributed by atoms with van der Waals surface area (Å²) in [6, 6.07) is 0. The molecule has 0 heterocycles. The van der Waals surface area contributed by atoms with Crippen LogP contribution in [0.5, 0.6) is 0 Å². The standard InChI is InChI=1S/C21H32O2/c1-13(22)17-6-7-18-16-5-4-14-12-15(23)8-10-20(14,2)19(16)9-11-21(17,18)3/h4,6,13,15-16,18-19,22-23H,5,7-12H2,1-3H3/t13?,15?,16?,18?,19?,20-,21+/m0/s1. The van der Waals surface area contributed by atoms with E-state index in [-0.39, 0.29) is 17.6 Å². The second-order valence-corrected chi connectivity index (χ2v) is 9.18. The van der Waals surface area contributed by atoms with Gasteiger partial charge in [0.2, 0.25) is 0 Å². The molecule has 5 unspecified atom stereocenters. The van der Waals surface area contributed by atoms with Crippen LogP contribution in [0.4, 0.5) is 0 Å². The van der Waals surface area contributed by atoms with Crippen molar-refractivity contribution in [1.29, 1.82) is 0 Å². The smallest absolute Gasteiger partial charge is 0.0727 e. The maximum absolute atomic E-state index is 10.2. The number of hydrogen-bond donors (Lipinski definition) is 2. The Morgan fingerprint density at radius 1 is 1.04 bits per heavy atom. The molecule has 4 rings (SSSR count). The molecule has 2 fully saturated rings. The van der Waals surface area contributed by atoms with Gasteiger partial charge in [-0.1, -0.05) is 31.6 Å². The highest BCUT2D eigenvalue weighted by atomic mass is 16.3. The molecule has 2 saturated carbocycles. The number of rotatable bonds is 1. The molecule has 0 aromatic rings. The molecule has 0 amide bonds. The molecule has 0 aromatic carbocycles. The molecule has 4 aliphatic carbocycles. The lowest BCUT2D eigenvalue weighted by atomic mass is 9.47. The van der Waals surface area contributed by atoms with Crippen molar-refractivity contribution < 1.29 is 10.2 Å². The van der Waals surface area contributed by atoms with Crippen molar-refractivity contribution in [2.24, 2.45) is 28.6 Å². The van der Waals surface area contributed by atoms with E-state index >= 15 is 0 Å². The van der Waals surface area contributed by atoms with E-state index in [4.69, 9.17) is 0 Å². The van der Waals surface area contributed by atoms with Crippen molar-refractivity contribution in [3.05, 3.63) is 23.3 Å². The Labute approximate surface area is 140 Å². The second kappa shape index (κ2) is 5.20. The summed E-state index contributed by atoms with van der Waals surface area (Å²) in [6.07, 6.45) is 12.3. The minimum absolute atomic E-state index is 0.116. The van der Waals surface area contributed by atoms with Crippen LogP contribution >= 0.6 is 0 Å². The topological polar surface area (TPSA) is 40.5 Å². The first-order chi connectivity index (χ1) is 10.9. The largest absolute Gasteiger partial charge is 0.393 e. The molecule has 2 nitrogen and oxygen atoms in total. The highest BCUT2D eigenvalue weighted by Crippen LogP contribution is 2.65. The fraction of sp³-hybridized carbons (Fsp3) is 0.810. The quantitative estimate of drug-likeness (QED) is 0.711. The van der Waals surface area contributed by atoms with Gasteiger partial charge in [-0.05, 0) is 86.0 Å². The van der Waals surface area contributed by atoms with Crippen LogP contribution in [0.15, 0.2) is 23.3 Å². The minimum Gasteiger partial charge on any atom is -0.393 e. The summed E-state index contributed by atoms with van der Waals surface area (Å²) >= 11 is 0. The summed E-state index contributed by atoms with van der Waals surface area (Å²) in [5.74, 6) is 2.23. The Morgan fingerprint density at radius 2 is 1.78 bits per heavy atom. The summed E-state index contributed by atoms with van der Waals surface area (Å²) < 4.78 is 0. The number of hydrogen-bond acceptors (Lipinski definition) is 2. The average Bonchev–Trinajstić information content (AvgIpc) is 2.85. The lowest BCUT2D eigenvalue weighted by molar-refractivity contribution is -0.0339. The second-order valence-electron chi connectivity index (χ2n) is 9.18. The van der Waals surface area contributed by atoms with Crippen LogP contribution in [0.1, 0.15) is 65.7 Å². The molecule has 23 heavy (non-hydrogen) atoms. The molecule has 7 atom stereocenters. The van der Waals surface area contributed by atoms with Crippen molar-refractivity contribution in [3.8, 4) is 0 Å². The van der Waals surface area contributed by atoms with Gasteiger partial charge in [0.15, 0.2) is 0 Å². The van der Waals surface area contributed by atoms with E-state index in [0.29, 0.717) is 11.3 Å². The summed E-state index contributed by atoms with van der Waals surface area (Å²) in [4.78, 5) is 0. The van der Waals surface area contributed by atoms with Gasteiger partial charge in [-0.2, -0.15) is 0 Å². The van der Waals surface area contributed by atoms with Crippen LogP contribution in [0.3, 0.4) is 0 Å². The zero-order chi connectivity index (χ0) is 16.4. The summed E-state index contributed by atoms with van der Waals surface area (Å²) in [5, 5.41) is 20.3. The number of allylic oxidation sites excluding steroid dienone is 2. The summed E-state index contributed by atoms with van der Waals surface area (Å²) in [6.45, 7) is 6.82. The van der Waals surface area contributed by atoms with Gasteiger partial charge >= 0.3 is 0 Å². The van der Waals surface area contributed by atoms with Gasteiger partial charge < -0.3 is 10.2 Å². The highest BCUT2D eigenvalue weighted by molar-refractivity contribution is 5.31. The third-order valence-electron chi connectivity index (χ3n) is 8.17. The van der Waals surface area contributed by atoms with E-state index in [2.05, 4.69) is 26.0 Å². The normalized spacial score (nSPS) is 50.3. The van der Waals surface area contributed by atoms with Gasteiger partial charge in [-0.3, -0.25) is 0 Å². The van der Waals surface area contributed by atoms with Gasteiger partial charge in [0, 0.05) is 0 Å². The molecule has 2 N–H and O–H groups in total. The first kappa shape index (κ1) is 15.9. The van der Waals surface area contributed by atoms with Gasteiger partial charge in [0.05, 0.1) is 12.2 Å². The molecular formula is C21H32O2. The van der Waals surface area contributed by atoms with Crippen molar-refractivity contribution in [1.82, 2.24) is 0 Å². The molecule has 0 bridgehead atoms. The predicted molar refractivity (Wildman–Crippen MR) is 92.9 cm³/mol. The molecule has 2 heteroatoms. The van der Waals surface area contributed by atoms with E-state index in [0.717, 1.165) is 37.5 Å². The summed E-state index contributed by atoms with van der Waals surface area (Å²) in [7, 11) is 0. The molecular weight excluding hydrogens is 284 g/mol. The van der Waals surface area contributed by atoms with Gasteiger partial charge in [0.1, 0.15) is 0 Å². The first-order valence-electron chi connectivity index (χ1n) is 9.62. The zero-order valence-corrected chi connectivity index (χ0v) is 14.9. The minimum atomic E-state index is -0.295. The summed E-state index contributed by atoms with van der Waals surface area (Å²) in [5.41, 5.74) is 3.38. The van der Waals surface area contributed by atoms with E-state index in [1.165, 1.54) is 24.8 Å². The van der Waals surface area contributed by atoms with Gasteiger partial charge in [-0.15, -0.1) is 0 Å². The lowest BCUT2D eigenvalue weighted by Gasteiger charge is -2.58. The van der Waals surface area contributed by atoms with Crippen LogP contribution in [0, 0.1) is 28.6 Å². The molecule has 4 aliphatic rings. The molecule has 0 aromatic heterocycles. The maximum atomic E-state index is 10.2. The van der Waals surface area contributed by atoms with Crippen molar-refractivity contribution in [3.63, 3.8) is 0 Å². The van der Waals surface area contributed by atoms with Crippen LogP contribution in [-0.4, -0.2) is 22.4 Å². The average molecular weight is 316 g/mol. The SMILES string of the molecule is CC(O)C1=CCC2C3CC=C4CC(O)CC[C@]4(C)C3CC[C@]12C. The van der Waals surface area contributed by atoms with E-state index < -0.39 is 0 Å². The maximum Gasteiger partial charge on any atom is 0.0727 e. The Bertz CT molecular complexity index is 560. The third kappa shape index (κ3) is 2.14. The van der Waals surface area contributed by atoms with Crippen molar-refractivity contribution >= 4 is 0 Å². The lowest BCUT2D eigenvalue weighted by Crippen LogP contribution is -2.50.